The van der Waals surface area contributed by atoms with Crippen molar-refractivity contribution in [3.63, 3.8) is 0 Å². The molecule has 0 saturated heterocycles. The third-order valence-corrected chi connectivity index (χ3v) is 3.55. The first-order valence-electron chi connectivity index (χ1n) is 6.13. The summed E-state index contributed by atoms with van der Waals surface area (Å²) in [5.74, 6) is -0.586. The molecule has 0 spiro atoms. The predicted molar refractivity (Wildman–Crippen MR) is 65.5 cm³/mol. The van der Waals surface area contributed by atoms with Gasteiger partial charge in [-0.2, -0.15) is 0 Å². The molecule has 0 aromatic carbocycles. The van der Waals surface area contributed by atoms with Crippen LogP contribution >= 0.6 is 0 Å². The van der Waals surface area contributed by atoms with E-state index >= 15 is 0 Å². The number of ether oxygens (including phenoxy) is 1. The van der Waals surface area contributed by atoms with E-state index in [1.54, 1.807) is 0 Å². The molecule has 5 heteroatoms. The summed E-state index contributed by atoms with van der Waals surface area (Å²) in [6.07, 6.45) is 4.06. The van der Waals surface area contributed by atoms with Crippen molar-refractivity contribution in [3.05, 3.63) is 0 Å². The number of nitrogens with two attached hydrogens (primary N) is 1. The lowest BCUT2D eigenvalue weighted by atomic mass is 9.90. The molecular weight excluding hydrogens is 220 g/mol. The molecule has 1 saturated carbocycles. The van der Waals surface area contributed by atoms with Crippen molar-refractivity contribution in [2.45, 2.75) is 50.3 Å². The van der Waals surface area contributed by atoms with Gasteiger partial charge in [-0.3, -0.25) is 4.90 Å². The molecule has 17 heavy (non-hydrogen) atoms. The zero-order valence-electron chi connectivity index (χ0n) is 11.0. The Kier molecular flexibility index (Phi) is 4.91. The number of rotatable bonds is 4. The lowest BCUT2D eigenvalue weighted by Gasteiger charge is -2.36. The van der Waals surface area contributed by atoms with Crippen LogP contribution < -0.4 is 5.73 Å². The summed E-state index contributed by atoms with van der Waals surface area (Å²) in [6, 6.07) is 0.701. The minimum absolute atomic E-state index is 0.291. The van der Waals surface area contributed by atoms with Gasteiger partial charge in [-0.15, -0.1) is 0 Å². The number of hydrogen-bond donors (Lipinski definition) is 2. The molecule has 0 radical (unpaired) electrons. The van der Waals surface area contributed by atoms with E-state index in [1.807, 2.05) is 11.9 Å². The Balaban J connectivity index is 2.48. The van der Waals surface area contributed by atoms with Crippen LogP contribution in [0.1, 0.15) is 32.6 Å². The quantitative estimate of drug-likeness (QED) is 0.687. The monoisotopic (exact) mass is 244 g/mol. The molecule has 0 aromatic heterocycles. The minimum atomic E-state index is -1.44. The highest BCUT2D eigenvalue weighted by Crippen LogP contribution is 2.22. The maximum absolute atomic E-state index is 11.4. The van der Waals surface area contributed by atoms with Gasteiger partial charge in [-0.25, -0.2) is 4.79 Å². The van der Waals surface area contributed by atoms with Crippen LogP contribution in [0.15, 0.2) is 0 Å². The molecule has 3 N–H and O–H groups in total. The van der Waals surface area contributed by atoms with Crippen LogP contribution in [0.5, 0.6) is 0 Å². The first-order valence-corrected chi connectivity index (χ1v) is 6.13. The maximum atomic E-state index is 11.4. The SMILES string of the molecule is COC(=O)C(C)(O)CN(C)C1CCC(N)CC1. The fourth-order valence-corrected chi connectivity index (χ4v) is 2.44. The Morgan fingerprint density at radius 3 is 2.47 bits per heavy atom. The van der Waals surface area contributed by atoms with Crippen molar-refractivity contribution >= 4 is 5.97 Å². The zero-order valence-corrected chi connectivity index (χ0v) is 11.0. The summed E-state index contributed by atoms with van der Waals surface area (Å²) in [5, 5.41) is 10.00. The Hall–Kier alpha value is -0.650. The number of nitrogens with zero attached hydrogens (tertiary/aromatic N) is 1. The number of methoxy groups -OCH3 is 1. The van der Waals surface area contributed by atoms with Crippen LogP contribution in [0.25, 0.3) is 0 Å². The summed E-state index contributed by atoms with van der Waals surface area (Å²) >= 11 is 0. The number of esters is 1. The van der Waals surface area contributed by atoms with E-state index in [4.69, 9.17) is 5.73 Å². The standard InChI is InChI=1S/C12H24N2O3/c1-12(16,11(15)17-3)8-14(2)10-6-4-9(13)5-7-10/h9-10,16H,4-8,13H2,1-3H3. The Bertz CT molecular complexity index is 260. The largest absolute Gasteiger partial charge is 0.467 e. The molecule has 0 aliphatic heterocycles. The maximum Gasteiger partial charge on any atom is 0.338 e. The molecule has 100 valence electrons. The lowest BCUT2D eigenvalue weighted by Crippen LogP contribution is -2.50. The lowest BCUT2D eigenvalue weighted by molar-refractivity contribution is -0.162. The number of aliphatic hydroxyl groups is 1. The van der Waals surface area contributed by atoms with E-state index in [2.05, 4.69) is 4.74 Å². The molecule has 0 amide bonds. The molecule has 1 rings (SSSR count). The van der Waals surface area contributed by atoms with Gasteiger partial charge in [-0.1, -0.05) is 0 Å². The van der Waals surface area contributed by atoms with Gasteiger partial charge in [-0.05, 0) is 39.7 Å². The van der Waals surface area contributed by atoms with Crippen molar-refractivity contribution in [2.75, 3.05) is 20.7 Å². The second-order valence-corrected chi connectivity index (χ2v) is 5.25. The van der Waals surface area contributed by atoms with Crippen LogP contribution in [0.3, 0.4) is 0 Å². The second-order valence-electron chi connectivity index (χ2n) is 5.25. The topological polar surface area (TPSA) is 75.8 Å². The van der Waals surface area contributed by atoms with E-state index in [0.29, 0.717) is 18.6 Å². The summed E-state index contributed by atoms with van der Waals surface area (Å²) in [5.41, 5.74) is 4.41. The van der Waals surface area contributed by atoms with Crippen molar-refractivity contribution in [3.8, 4) is 0 Å². The number of carbonyl (C=O) groups is 1. The number of carbonyl (C=O) groups excluding carboxylic acids is 1. The van der Waals surface area contributed by atoms with Crippen LogP contribution in [0.4, 0.5) is 0 Å². The van der Waals surface area contributed by atoms with Gasteiger partial charge < -0.3 is 15.6 Å². The summed E-state index contributed by atoms with van der Waals surface area (Å²) in [4.78, 5) is 13.4. The third kappa shape index (κ3) is 3.94. The van der Waals surface area contributed by atoms with Crippen LogP contribution in [0, 0.1) is 0 Å². The first-order chi connectivity index (χ1) is 7.86. The summed E-state index contributed by atoms with van der Waals surface area (Å²) < 4.78 is 4.58. The molecule has 0 aromatic rings. The fourth-order valence-electron chi connectivity index (χ4n) is 2.44. The van der Waals surface area contributed by atoms with Gasteiger partial charge in [0.15, 0.2) is 5.60 Å². The molecule has 0 heterocycles. The highest BCUT2D eigenvalue weighted by atomic mass is 16.5. The summed E-state index contributed by atoms with van der Waals surface area (Å²) in [7, 11) is 3.22. The van der Waals surface area contributed by atoms with Crippen LogP contribution in [-0.2, 0) is 9.53 Å². The van der Waals surface area contributed by atoms with Crippen LogP contribution in [0.2, 0.25) is 0 Å². The van der Waals surface area contributed by atoms with E-state index in [9.17, 15) is 9.90 Å². The smallest absolute Gasteiger partial charge is 0.338 e. The van der Waals surface area contributed by atoms with E-state index in [-0.39, 0.29) is 0 Å². The van der Waals surface area contributed by atoms with Gasteiger partial charge in [0.25, 0.3) is 0 Å². The Morgan fingerprint density at radius 1 is 1.47 bits per heavy atom. The fraction of sp³-hybridized carbons (Fsp3) is 0.917. The van der Waals surface area contributed by atoms with Crippen LogP contribution in [-0.4, -0.2) is 54.4 Å². The molecule has 0 bridgehead atoms. The number of likely N-dealkylation sites (N-methyl/N-ethyl adjacent to an activating group) is 1. The van der Waals surface area contributed by atoms with E-state index in [0.717, 1.165) is 25.7 Å². The third-order valence-electron chi connectivity index (χ3n) is 3.55. The van der Waals surface area contributed by atoms with Crippen molar-refractivity contribution in [1.29, 1.82) is 0 Å². The molecule has 5 nitrogen and oxygen atoms in total. The molecule has 1 unspecified atom stereocenters. The van der Waals surface area contributed by atoms with E-state index in [1.165, 1.54) is 14.0 Å². The Labute approximate surface area is 103 Å². The van der Waals surface area contributed by atoms with Crippen molar-refractivity contribution in [1.82, 2.24) is 4.90 Å². The molecule has 1 atom stereocenters. The van der Waals surface area contributed by atoms with Gasteiger partial charge >= 0.3 is 5.97 Å². The average Bonchev–Trinajstić information content (AvgIpc) is 2.28. The Morgan fingerprint density at radius 2 is 2.00 bits per heavy atom. The normalized spacial score (nSPS) is 28.8. The molecule has 1 aliphatic rings. The average molecular weight is 244 g/mol. The molecule has 1 fully saturated rings. The van der Waals surface area contributed by atoms with Crippen molar-refractivity contribution < 1.29 is 14.6 Å². The predicted octanol–water partition coefficient (Wildman–Crippen LogP) is 0.112. The molecule has 1 aliphatic carbocycles. The first kappa shape index (κ1) is 14.4. The minimum Gasteiger partial charge on any atom is -0.467 e. The van der Waals surface area contributed by atoms with Gasteiger partial charge in [0.05, 0.1) is 7.11 Å². The van der Waals surface area contributed by atoms with E-state index < -0.39 is 11.6 Å². The van der Waals surface area contributed by atoms with Crippen molar-refractivity contribution in [2.24, 2.45) is 5.73 Å². The molecular formula is C12H24N2O3. The van der Waals surface area contributed by atoms with Gasteiger partial charge in [0.2, 0.25) is 0 Å². The van der Waals surface area contributed by atoms with Gasteiger partial charge in [0.1, 0.15) is 0 Å². The zero-order chi connectivity index (χ0) is 13.1. The summed E-state index contributed by atoms with van der Waals surface area (Å²) in [6.45, 7) is 1.78. The van der Waals surface area contributed by atoms with Gasteiger partial charge in [0, 0.05) is 18.6 Å². The highest BCUT2D eigenvalue weighted by Gasteiger charge is 2.35. The highest BCUT2D eigenvalue weighted by molar-refractivity contribution is 5.78. The second kappa shape index (κ2) is 5.80. The number of hydrogen-bond acceptors (Lipinski definition) is 5.